The van der Waals surface area contributed by atoms with Crippen molar-refractivity contribution >= 4 is 34.7 Å². The zero-order valence-corrected chi connectivity index (χ0v) is 18.7. The Morgan fingerprint density at radius 1 is 1.18 bits per heavy atom. The van der Waals surface area contributed by atoms with Crippen LogP contribution in [0.5, 0.6) is 5.88 Å². The van der Waals surface area contributed by atoms with Crippen LogP contribution in [0.3, 0.4) is 0 Å². The summed E-state index contributed by atoms with van der Waals surface area (Å²) >= 11 is 5.64. The quantitative estimate of drug-likeness (QED) is 0.537. The molecule has 0 saturated carbocycles. The minimum Gasteiger partial charge on any atom is -0.480 e. The fourth-order valence-electron chi connectivity index (χ4n) is 3.91. The largest absolute Gasteiger partial charge is 0.480 e. The molecule has 176 valence electrons. The summed E-state index contributed by atoms with van der Waals surface area (Å²) in [5.74, 6) is -0.369. The Morgan fingerprint density at radius 3 is 2.71 bits per heavy atom. The van der Waals surface area contributed by atoms with Gasteiger partial charge in [-0.05, 0) is 41.5 Å². The van der Waals surface area contributed by atoms with Crippen molar-refractivity contribution in [1.82, 2.24) is 4.98 Å². The number of anilines is 2. The van der Waals surface area contributed by atoms with Gasteiger partial charge in [-0.2, -0.15) is 13.2 Å². The van der Waals surface area contributed by atoms with Crippen LogP contribution in [-0.4, -0.2) is 30.3 Å². The first kappa shape index (κ1) is 23.6. The third-order valence-corrected chi connectivity index (χ3v) is 5.71. The van der Waals surface area contributed by atoms with E-state index in [0.29, 0.717) is 34.9 Å². The van der Waals surface area contributed by atoms with Crippen molar-refractivity contribution < 1.29 is 27.5 Å². The fraction of sp³-hybridized carbons (Fsp3) is 0.208. The lowest BCUT2D eigenvalue weighted by Crippen LogP contribution is -2.36. The standard InChI is InChI=1S/C24H19ClF3N3O3/c1-34-23-19(6-3-9-29-23)31-12-15-4-2-5-18(22(15)20(32)13-31)30-21(33)11-14-7-8-17(25)16(10-14)24(26,27)28/h2-10H,11-13H2,1H3,(H,30,33). The van der Waals surface area contributed by atoms with E-state index < -0.39 is 22.7 Å². The number of amides is 1. The van der Waals surface area contributed by atoms with Crippen LogP contribution < -0.4 is 15.0 Å². The molecular formula is C24H19ClF3N3O3. The minimum absolute atomic E-state index is 0.0497. The van der Waals surface area contributed by atoms with Gasteiger partial charge in [0.25, 0.3) is 0 Å². The maximum absolute atomic E-state index is 13.1. The molecule has 2 heterocycles. The van der Waals surface area contributed by atoms with Crippen LogP contribution in [0.15, 0.2) is 54.7 Å². The van der Waals surface area contributed by atoms with Gasteiger partial charge < -0.3 is 15.0 Å². The molecule has 1 aromatic heterocycles. The molecule has 1 aliphatic heterocycles. The predicted octanol–water partition coefficient (Wildman–Crippen LogP) is 5.15. The normalized spacial score (nSPS) is 13.4. The zero-order chi connectivity index (χ0) is 24.5. The first-order valence-corrected chi connectivity index (χ1v) is 10.6. The number of hydrogen-bond acceptors (Lipinski definition) is 5. The topological polar surface area (TPSA) is 71.5 Å². The smallest absolute Gasteiger partial charge is 0.417 e. The second kappa shape index (κ2) is 9.34. The van der Waals surface area contributed by atoms with Crippen molar-refractivity contribution in [2.24, 2.45) is 0 Å². The van der Waals surface area contributed by atoms with E-state index in [-0.39, 0.29) is 24.3 Å². The molecule has 10 heteroatoms. The van der Waals surface area contributed by atoms with E-state index in [4.69, 9.17) is 16.3 Å². The summed E-state index contributed by atoms with van der Waals surface area (Å²) in [6.45, 7) is 0.438. The van der Waals surface area contributed by atoms with Crippen molar-refractivity contribution in [3.8, 4) is 5.88 Å². The highest BCUT2D eigenvalue weighted by Gasteiger charge is 2.33. The summed E-state index contributed by atoms with van der Waals surface area (Å²) in [7, 11) is 1.50. The summed E-state index contributed by atoms with van der Waals surface area (Å²) in [4.78, 5) is 31.6. The molecule has 0 saturated heterocycles. The molecule has 1 N–H and O–H groups in total. The lowest BCUT2D eigenvalue weighted by Gasteiger charge is -2.31. The second-order valence-corrected chi connectivity index (χ2v) is 8.09. The summed E-state index contributed by atoms with van der Waals surface area (Å²) in [6.07, 6.45) is -3.34. The molecule has 34 heavy (non-hydrogen) atoms. The monoisotopic (exact) mass is 489 g/mol. The van der Waals surface area contributed by atoms with Gasteiger partial charge in [-0.25, -0.2) is 4.98 Å². The number of pyridine rings is 1. The van der Waals surface area contributed by atoms with E-state index in [1.54, 1.807) is 36.5 Å². The predicted molar refractivity (Wildman–Crippen MR) is 121 cm³/mol. The molecule has 1 aliphatic rings. The molecule has 6 nitrogen and oxygen atoms in total. The number of fused-ring (bicyclic) bond motifs is 1. The van der Waals surface area contributed by atoms with Crippen LogP contribution in [0, 0.1) is 0 Å². The van der Waals surface area contributed by atoms with Crippen molar-refractivity contribution in [3.63, 3.8) is 0 Å². The van der Waals surface area contributed by atoms with E-state index in [1.807, 2.05) is 4.90 Å². The first-order chi connectivity index (χ1) is 16.2. The minimum atomic E-state index is -4.63. The summed E-state index contributed by atoms with van der Waals surface area (Å²) < 4.78 is 44.6. The maximum Gasteiger partial charge on any atom is 0.417 e. The van der Waals surface area contributed by atoms with Crippen molar-refractivity contribution in [2.45, 2.75) is 19.1 Å². The number of carbonyl (C=O) groups is 2. The van der Waals surface area contributed by atoms with Crippen LogP contribution in [-0.2, 0) is 23.9 Å². The fourth-order valence-corrected chi connectivity index (χ4v) is 4.13. The number of nitrogens with one attached hydrogen (secondary N) is 1. The number of methoxy groups -OCH3 is 1. The van der Waals surface area contributed by atoms with Crippen molar-refractivity contribution in [3.05, 3.63) is 82.0 Å². The van der Waals surface area contributed by atoms with Crippen LogP contribution in [0.25, 0.3) is 0 Å². The van der Waals surface area contributed by atoms with Crippen LogP contribution in [0.2, 0.25) is 5.02 Å². The average Bonchev–Trinajstić information content (AvgIpc) is 2.79. The number of hydrogen-bond donors (Lipinski definition) is 1. The SMILES string of the molecule is COc1ncccc1N1CC(=O)c2c(cccc2NC(=O)Cc2ccc(Cl)c(C(F)(F)F)c2)C1. The van der Waals surface area contributed by atoms with E-state index in [9.17, 15) is 22.8 Å². The van der Waals surface area contributed by atoms with Gasteiger partial charge >= 0.3 is 6.18 Å². The molecule has 0 fully saturated rings. The van der Waals surface area contributed by atoms with E-state index in [0.717, 1.165) is 12.1 Å². The van der Waals surface area contributed by atoms with Crippen molar-refractivity contribution in [2.75, 3.05) is 23.9 Å². The molecule has 0 unspecified atom stereocenters. The van der Waals surface area contributed by atoms with Crippen LogP contribution in [0.4, 0.5) is 24.5 Å². The van der Waals surface area contributed by atoms with Gasteiger partial charge in [-0.3, -0.25) is 9.59 Å². The van der Waals surface area contributed by atoms with E-state index in [2.05, 4.69) is 10.3 Å². The lowest BCUT2D eigenvalue weighted by molar-refractivity contribution is -0.137. The van der Waals surface area contributed by atoms with E-state index >= 15 is 0 Å². The number of alkyl halides is 3. The molecule has 1 amide bonds. The second-order valence-electron chi connectivity index (χ2n) is 7.69. The average molecular weight is 490 g/mol. The molecule has 0 atom stereocenters. The lowest BCUT2D eigenvalue weighted by atomic mass is 9.96. The Labute approximate surface area is 198 Å². The number of rotatable bonds is 5. The van der Waals surface area contributed by atoms with Gasteiger partial charge in [0.1, 0.15) is 5.69 Å². The van der Waals surface area contributed by atoms with Gasteiger partial charge in [0.05, 0.1) is 36.3 Å². The Balaban J connectivity index is 1.55. The molecule has 0 spiro atoms. The van der Waals surface area contributed by atoms with Gasteiger partial charge in [0, 0.05) is 18.3 Å². The summed E-state index contributed by atoms with van der Waals surface area (Å²) in [6, 6.07) is 12.0. The molecular weight excluding hydrogens is 471 g/mol. The Morgan fingerprint density at radius 2 is 1.97 bits per heavy atom. The molecule has 0 aliphatic carbocycles. The molecule has 4 rings (SSSR count). The van der Waals surface area contributed by atoms with Gasteiger partial charge in [-0.15, -0.1) is 0 Å². The molecule has 2 aromatic carbocycles. The van der Waals surface area contributed by atoms with Crippen molar-refractivity contribution in [1.29, 1.82) is 0 Å². The number of ether oxygens (including phenoxy) is 1. The Bertz CT molecular complexity index is 1260. The number of benzene rings is 2. The van der Waals surface area contributed by atoms with Crippen LogP contribution in [0.1, 0.15) is 27.0 Å². The number of carbonyl (C=O) groups excluding carboxylic acids is 2. The Kier molecular flexibility index (Phi) is 6.47. The highest BCUT2D eigenvalue weighted by atomic mass is 35.5. The molecule has 3 aromatic rings. The third-order valence-electron chi connectivity index (χ3n) is 5.39. The Hall–Kier alpha value is -3.59. The highest BCUT2D eigenvalue weighted by molar-refractivity contribution is 6.31. The number of ketones is 1. The molecule has 0 radical (unpaired) electrons. The zero-order valence-electron chi connectivity index (χ0n) is 17.9. The number of halogens is 4. The van der Waals surface area contributed by atoms with Gasteiger partial charge in [0.2, 0.25) is 11.8 Å². The van der Waals surface area contributed by atoms with Crippen LogP contribution >= 0.6 is 11.6 Å². The van der Waals surface area contributed by atoms with Gasteiger partial charge in [0.15, 0.2) is 5.78 Å². The maximum atomic E-state index is 13.1. The highest BCUT2D eigenvalue weighted by Crippen LogP contribution is 2.36. The number of aromatic nitrogens is 1. The molecule has 0 bridgehead atoms. The summed E-state index contributed by atoms with van der Waals surface area (Å²) in [5, 5.41) is 2.23. The first-order valence-electron chi connectivity index (χ1n) is 10.2. The summed E-state index contributed by atoms with van der Waals surface area (Å²) in [5.41, 5.74) is 1.21. The van der Waals surface area contributed by atoms with E-state index in [1.165, 1.54) is 13.2 Å². The number of nitrogens with zero attached hydrogens (tertiary/aromatic N) is 2. The third kappa shape index (κ3) is 4.84. The van der Waals surface area contributed by atoms with Gasteiger partial charge in [-0.1, -0.05) is 29.8 Å². The number of Topliss-reactive ketones (excluding diaryl/α,β-unsaturated/α-hetero) is 1.